The quantitative estimate of drug-likeness (QED) is 0.698. The fourth-order valence-electron chi connectivity index (χ4n) is 2.20. The maximum absolute atomic E-state index is 12.6. The molecule has 0 aromatic heterocycles. The third-order valence-corrected chi connectivity index (χ3v) is 5.47. The summed E-state index contributed by atoms with van der Waals surface area (Å²) in [5.41, 5.74) is -0.0561. The molecule has 0 heterocycles. The molecule has 0 spiro atoms. The molecule has 1 amide bonds. The van der Waals surface area contributed by atoms with Crippen molar-refractivity contribution in [2.45, 2.75) is 28.9 Å². The SMILES string of the molecule is C[C@H](COc1ccc(S(=O)(=O)c2ccc(C(=O)O)cc2)cc1)NC(=O)C(F)(F)F. The van der Waals surface area contributed by atoms with E-state index >= 15 is 0 Å². The van der Waals surface area contributed by atoms with Crippen LogP contribution in [0.4, 0.5) is 13.2 Å². The number of aromatic carboxylic acids is 1. The molecule has 0 saturated carbocycles. The van der Waals surface area contributed by atoms with Crippen LogP contribution < -0.4 is 10.1 Å². The molecule has 1 atom stereocenters. The van der Waals surface area contributed by atoms with E-state index in [9.17, 15) is 31.2 Å². The lowest BCUT2D eigenvalue weighted by molar-refractivity contribution is -0.174. The van der Waals surface area contributed by atoms with E-state index in [1.54, 1.807) is 5.32 Å². The number of amides is 1. The summed E-state index contributed by atoms with van der Waals surface area (Å²) < 4.78 is 67.0. The number of ether oxygens (including phenoxy) is 1. The van der Waals surface area contributed by atoms with Crippen LogP contribution in [0.2, 0.25) is 0 Å². The van der Waals surface area contributed by atoms with Crippen LogP contribution >= 0.6 is 0 Å². The monoisotopic (exact) mass is 431 g/mol. The molecule has 156 valence electrons. The number of halogens is 3. The summed E-state index contributed by atoms with van der Waals surface area (Å²) in [6.07, 6.45) is -4.99. The van der Waals surface area contributed by atoms with Gasteiger partial charge in [-0.05, 0) is 55.5 Å². The van der Waals surface area contributed by atoms with Crippen LogP contribution in [0, 0.1) is 0 Å². The molecule has 0 saturated heterocycles. The Balaban J connectivity index is 2.04. The van der Waals surface area contributed by atoms with Crippen LogP contribution in [0.5, 0.6) is 5.75 Å². The van der Waals surface area contributed by atoms with Crippen LogP contribution in [-0.2, 0) is 14.6 Å². The number of nitrogens with one attached hydrogen (secondary N) is 1. The molecule has 7 nitrogen and oxygen atoms in total. The van der Waals surface area contributed by atoms with E-state index < -0.39 is 33.9 Å². The van der Waals surface area contributed by atoms with Crippen LogP contribution in [0.15, 0.2) is 58.3 Å². The molecule has 2 N–H and O–H groups in total. The summed E-state index contributed by atoms with van der Waals surface area (Å²) in [5.74, 6) is -3.07. The molecule has 2 aromatic rings. The zero-order valence-corrected chi connectivity index (χ0v) is 15.8. The van der Waals surface area contributed by atoms with Gasteiger partial charge in [0.1, 0.15) is 12.4 Å². The third-order valence-electron chi connectivity index (χ3n) is 3.68. The van der Waals surface area contributed by atoms with E-state index in [4.69, 9.17) is 9.84 Å². The molecule has 0 bridgehead atoms. The van der Waals surface area contributed by atoms with E-state index in [0.717, 1.165) is 0 Å². The van der Waals surface area contributed by atoms with Crippen molar-refractivity contribution >= 4 is 21.7 Å². The molecule has 0 radical (unpaired) electrons. The van der Waals surface area contributed by atoms with Gasteiger partial charge < -0.3 is 15.2 Å². The Morgan fingerprint density at radius 1 is 1.03 bits per heavy atom. The van der Waals surface area contributed by atoms with Gasteiger partial charge in [-0.1, -0.05) is 0 Å². The first kappa shape index (κ1) is 22.2. The Kier molecular flexibility index (Phi) is 6.52. The largest absolute Gasteiger partial charge is 0.491 e. The number of alkyl halides is 3. The highest BCUT2D eigenvalue weighted by atomic mass is 32.2. The van der Waals surface area contributed by atoms with Crippen LogP contribution in [-0.4, -0.2) is 44.2 Å². The van der Waals surface area contributed by atoms with Gasteiger partial charge in [0.2, 0.25) is 9.84 Å². The van der Waals surface area contributed by atoms with Gasteiger partial charge in [0.05, 0.1) is 21.4 Å². The average Bonchev–Trinajstić information content (AvgIpc) is 2.66. The number of sulfone groups is 1. The summed E-state index contributed by atoms with van der Waals surface area (Å²) in [4.78, 5) is 21.5. The van der Waals surface area contributed by atoms with E-state index in [1.807, 2.05) is 0 Å². The lowest BCUT2D eigenvalue weighted by Crippen LogP contribution is -2.44. The Hall–Kier alpha value is -3.08. The fourth-order valence-corrected chi connectivity index (χ4v) is 3.46. The number of carboxylic acid groups (broad SMARTS) is 1. The van der Waals surface area contributed by atoms with Crippen molar-refractivity contribution in [3.8, 4) is 5.75 Å². The molecule has 2 aromatic carbocycles. The number of carbonyl (C=O) groups excluding carboxylic acids is 1. The zero-order valence-electron chi connectivity index (χ0n) is 14.9. The topological polar surface area (TPSA) is 110 Å². The van der Waals surface area contributed by atoms with Crippen LogP contribution in [0.25, 0.3) is 0 Å². The number of hydrogen-bond acceptors (Lipinski definition) is 5. The predicted octanol–water partition coefficient (Wildman–Crippen LogP) is 2.66. The van der Waals surface area contributed by atoms with Crippen LogP contribution in [0.3, 0.4) is 0 Å². The standard InChI is InChI=1S/C18H16F3NO6S/c1-11(22-17(25)18(19,20)21)10-28-13-4-8-15(9-5-13)29(26,27)14-6-2-12(3-7-14)16(23)24/h2-9,11H,10H2,1H3,(H,22,25)(H,23,24)/t11-/m1/s1. The normalized spacial score (nSPS) is 12.8. The van der Waals surface area contributed by atoms with Gasteiger partial charge in [0.15, 0.2) is 0 Å². The van der Waals surface area contributed by atoms with Gasteiger partial charge in [-0.15, -0.1) is 0 Å². The molecule has 29 heavy (non-hydrogen) atoms. The van der Waals surface area contributed by atoms with E-state index in [-0.39, 0.29) is 27.7 Å². The molecule has 0 aliphatic rings. The number of benzene rings is 2. The molecule has 0 fully saturated rings. The smallest absolute Gasteiger partial charge is 0.471 e. The number of hydrogen-bond donors (Lipinski definition) is 2. The van der Waals surface area contributed by atoms with Crippen molar-refractivity contribution in [1.29, 1.82) is 0 Å². The lowest BCUT2D eigenvalue weighted by atomic mass is 10.2. The van der Waals surface area contributed by atoms with Gasteiger partial charge in [0, 0.05) is 0 Å². The highest BCUT2D eigenvalue weighted by Gasteiger charge is 2.39. The minimum Gasteiger partial charge on any atom is -0.491 e. The van der Waals surface area contributed by atoms with Gasteiger partial charge in [0.25, 0.3) is 0 Å². The minimum atomic E-state index is -4.99. The number of carbonyl (C=O) groups is 2. The van der Waals surface area contributed by atoms with Crippen molar-refractivity contribution in [2.24, 2.45) is 0 Å². The number of rotatable bonds is 7. The molecule has 0 unspecified atom stereocenters. The fraction of sp³-hybridized carbons (Fsp3) is 0.222. The summed E-state index contributed by atoms with van der Waals surface area (Å²) in [6, 6.07) is 8.88. The summed E-state index contributed by atoms with van der Waals surface area (Å²) in [7, 11) is -3.89. The van der Waals surface area contributed by atoms with Crippen molar-refractivity contribution in [1.82, 2.24) is 5.32 Å². The Bertz CT molecular complexity index is 986. The zero-order chi connectivity index (χ0) is 21.8. The Morgan fingerprint density at radius 3 is 1.97 bits per heavy atom. The molecular weight excluding hydrogens is 415 g/mol. The second kappa shape index (κ2) is 8.52. The van der Waals surface area contributed by atoms with Crippen molar-refractivity contribution in [3.63, 3.8) is 0 Å². The second-order valence-corrected chi connectivity index (χ2v) is 7.94. The van der Waals surface area contributed by atoms with Crippen molar-refractivity contribution in [2.75, 3.05) is 6.61 Å². The van der Waals surface area contributed by atoms with Gasteiger partial charge in [-0.2, -0.15) is 13.2 Å². The average molecular weight is 431 g/mol. The first-order valence-corrected chi connectivity index (χ1v) is 9.58. The summed E-state index contributed by atoms with van der Waals surface area (Å²) in [6.45, 7) is 1.06. The lowest BCUT2D eigenvalue weighted by Gasteiger charge is -2.16. The van der Waals surface area contributed by atoms with Gasteiger partial charge in [-0.25, -0.2) is 13.2 Å². The molecule has 11 heteroatoms. The van der Waals surface area contributed by atoms with Crippen molar-refractivity contribution < 1.29 is 41.0 Å². The van der Waals surface area contributed by atoms with E-state index in [2.05, 4.69) is 0 Å². The van der Waals surface area contributed by atoms with Gasteiger partial charge in [-0.3, -0.25) is 4.79 Å². The predicted molar refractivity (Wildman–Crippen MR) is 94.4 cm³/mol. The Labute approximate surface area is 164 Å². The van der Waals surface area contributed by atoms with Crippen molar-refractivity contribution in [3.05, 3.63) is 54.1 Å². The second-order valence-electron chi connectivity index (χ2n) is 5.99. The number of carboxylic acids is 1. The maximum atomic E-state index is 12.6. The first-order valence-electron chi connectivity index (χ1n) is 8.10. The highest BCUT2D eigenvalue weighted by Crippen LogP contribution is 2.23. The minimum absolute atomic E-state index is 0.0561. The summed E-state index contributed by atoms with van der Waals surface area (Å²) in [5, 5.41) is 10.6. The van der Waals surface area contributed by atoms with Gasteiger partial charge >= 0.3 is 18.1 Å². The molecule has 0 aliphatic heterocycles. The molecular formula is C18H16F3NO6S. The molecule has 0 aliphatic carbocycles. The molecule has 2 rings (SSSR count). The third kappa shape index (κ3) is 5.70. The van der Waals surface area contributed by atoms with E-state index in [1.165, 1.54) is 55.5 Å². The van der Waals surface area contributed by atoms with E-state index in [0.29, 0.717) is 0 Å². The maximum Gasteiger partial charge on any atom is 0.471 e. The highest BCUT2D eigenvalue weighted by molar-refractivity contribution is 7.91. The Morgan fingerprint density at radius 2 is 1.52 bits per heavy atom. The summed E-state index contributed by atoms with van der Waals surface area (Å²) >= 11 is 0. The van der Waals surface area contributed by atoms with Crippen LogP contribution in [0.1, 0.15) is 17.3 Å². The first-order chi connectivity index (χ1) is 13.4.